The quantitative estimate of drug-likeness (QED) is 0.514. The number of Topliss-reactive ketones (excluding diaryl/α,β-unsaturated/α-hetero) is 1. The second kappa shape index (κ2) is 4.18. The predicted molar refractivity (Wildman–Crippen MR) is 52.2 cm³/mol. The van der Waals surface area contributed by atoms with Crippen molar-refractivity contribution in [2.75, 3.05) is 7.11 Å². The van der Waals surface area contributed by atoms with Crippen LogP contribution >= 0.6 is 0 Å². The molecule has 3 N–H and O–H groups in total. The van der Waals surface area contributed by atoms with Crippen molar-refractivity contribution in [3.63, 3.8) is 0 Å². The molecule has 0 radical (unpaired) electrons. The van der Waals surface area contributed by atoms with Gasteiger partial charge in [-0.25, -0.2) is 0 Å². The van der Waals surface area contributed by atoms with Gasteiger partial charge in [-0.15, -0.1) is 0 Å². The summed E-state index contributed by atoms with van der Waals surface area (Å²) in [5.74, 6) is -2.11. The van der Waals surface area contributed by atoms with Crippen LogP contribution in [0.15, 0.2) is 12.1 Å². The number of carbonyl (C=O) groups excluding carboxylic acids is 1. The van der Waals surface area contributed by atoms with Crippen molar-refractivity contribution in [1.82, 2.24) is 0 Å². The molecule has 0 aliphatic heterocycles. The summed E-state index contributed by atoms with van der Waals surface area (Å²) in [4.78, 5) is 11.6. The zero-order chi connectivity index (χ0) is 11.6. The molecule has 0 fully saturated rings. The average Bonchev–Trinajstić information content (AvgIpc) is 2.23. The molecule has 1 atom stereocenters. The maximum Gasteiger partial charge on any atom is 0.200 e. The highest BCUT2D eigenvalue weighted by Crippen LogP contribution is 2.35. The van der Waals surface area contributed by atoms with Crippen molar-refractivity contribution in [2.45, 2.75) is 13.0 Å². The Labute approximate surface area is 86.5 Å². The maximum absolute atomic E-state index is 11.6. The number of phenols is 3. The minimum atomic E-state index is -0.673. The van der Waals surface area contributed by atoms with Crippen molar-refractivity contribution in [3.05, 3.63) is 17.7 Å². The lowest BCUT2D eigenvalue weighted by Gasteiger charge is -2.09. The first kappa shape index (κ1) is 11.3. The van der Waals surface area contributed by atoms with E-state index in [0.717, 1.165) is 12.1 Å². The summed E-state index contributed by atoms with van der Waals surface area (Å²) >= 11 is 0. The van der Waals surface area contributed by atoms with Gasteiger partial charge in [0.15, 0.2) is 23.0 Å². The van der Waals surface area contributed by atoms with Crippen LogP contribution in [0, 0.1) is 0 Å². The molecule has 15 heavy (non-hydrogen) atoms. The van der Waals surface area contributed by atoms with E-state index in [1.807, 2.05) is 0 Å². The molecule has 0 bridgehead atoms. The molecule has 1 unspecified atom stereocenters. The lowest BCUT2D eigenvalue weighted by molar-refractivity contribution is 0.0655. The molecule has 0 heterocycles. The van der Waals surface area contributed by atoms with Gasteiger partial charge in [-0.05, 0) is 19.1 Å². The van der Waals surface area contributed by atoms with E-state index in [0.29, 0.717) is 0 Å². The van der Waals surface area contributed by atoms with Gasteiger partial charge in [0.2, 0.25) is 0 Å². The fourth-order valence-electron chi connectivity index (χ4n) is 1.09. The van der Waals surface area contributed by atoms with Crippen molar-refractivity contribution < 1.29 is 24.9 Å². The minimum absolute atomic E-state index is 0.0807. The first-order valence-corrected chi connectivity index (χ1v) is 4.29. The van der Waals surface area contributed by atoms with E-state index in [-0.39, 0.29) is 11.3 Å². The predicted octanol–water partition coefficient (Wildman–Crippen LogP) is 1.02. The third kappa shape index (κ3) is 2.19. The Morgan fingerprint density at radius 3 is 2.13 bits per heavy atom. The lowest BCUT2D eigenvalue weighted by atomic mass is 10.1. The first-order valence-electron chi connectivity index (χ1n) is 4.29. The second-order valence-corrected chi connectivity index (χ2v) is 3.11. The summed E-state index contributed by atoms with van der Waals surface area (Å²) < 4.78 is 4.80. The number of ether oxygens (including phenoxy) is 1. The van der Waals surface area contributed by atoms with Crippen LogP contribution in [0.5, 0.6) is 17.2 Å². The Morgan fingerprint density at radius 2 is 1.73 bits per heavy atom. The van der Waals surface area contributed by atoms with Crippen molar-refractivity contribution in [3.8, 4) is 17.2 Å². The molecule has 1 aromatic rings. The minimum Gasteiger partial charge on any atom is -0.504 e. The Hall–Kier alpha value is -1.75. The third-order valence-electron chi connectivity index (χ3n) is 2.08. The molecule has 5 heteroatoms. The van der Waals surface area contributed by atoms with E-state index >= 15 is 0 Å². The van der Waals surface area contributed by atoms with Gasteiger partial charge in [-0.2, -0.15) is 0 Å². The summed E-state index contributed by atoms with van der Waals surface area (Å²) in [7, 11) is 1.38. The normalized spacial score (nSPS) is 12.4. The summed E-state index contributed by atoms with van der Waals surface area (Å²) in [5, 5.41) is 27.4. The number of carbonyl (C=O) groups is 1. The molecule has 0 amide bonds. The largest absolute Gasteiger partial charge is 0.504 e. The van der Waals surface area contributed by atoms with Crippen LogP contribution in [0.2, 0.25) is 0 Å². The number of ketones is 1. The van der Waals surface area contributed by atoms with E-state index in [1.165, 1.54) is 7.11 Å². The maximum atomic E-state index is 11.6. The van der Waals surface area contributed by atoms with Gasteiger partial charge >= 0.3 is 0 Å². The summed E-state index contributed by atoms with van der Waals surface area (Å²) in [6.07, 6.45) is -0.673. The highest BCUT2D eigenvalue weighted by atomic mass is 16.5. The second-order valence-electron chi connectivity index (χ2n) is 3.11. The number of methoxy groups -OCH3 is 1. The van der Waals surface area contributed by atoms with E-state index < -0.39 is 23.4 Å². The van der Waals surface area contributed by atoms with Gasteiger partial charge in [-0.3, -0.25) is 4.79 Å². The number of hydrogen-bond acceptors (Lipinski definition) is 5. The van der Waals surface area contributed by atoms with Crippen LogP contribution in [0.4, 0.5) is 0 Å². The molecule has 0 aliphatic carbocycles. The van der Waals surface area contributed by atoms with Crippen LogP contribution in [0.25, 0.3) is 0 Å². The lowest BCUT2D eigenvalue weighted by Crippen LogP contribution is -2.18. The number of benzene rings is 1. The summed E-state index contributed by atoms with van der Waals surface area (Å²) in [6, 6.07) is 2.15. The summed E-state index contributed by atoms with van der Waals surface area (Å²) in [5.41, 5.74) is 0.0807. The molecular formula is C10H12O5. The molecule has 82 valence electrons. The first-order chi connectivity index (χ1) is 6.97. The topological polar surface area (TPSA) is 87.0 Å². The smallest absolute Gasteiger partial charge is 0.200 e. The van der Waals surface area contributed by atoms with Crippen molar-refractivity contribution in [2.24, 2.45) is 0 Å². The Morgan fingerprint density at radius 1 is 1.27 bits per heavy atom. The third-order valence-corrected chi connectivity index (χ3v) is 2.08. The SMILES string of the molecule is COC(C)C(=O)c1cc(O)c(O)c(O)c1. The highest BCUT2D eigenvalue weighted by Gasteiger charge is 2.18. The van der Waals surface area contributed by atoms with Gasteiger partial charge in [0, 0.05) is 12.7 Å². The Bertz CT molecular complexity index is 362. The number of hydrogen-bond donors (Lipinski definition) is 3. The summed E-state index contributed by atoms with van der Waals surface area (Å²) in [6.45, 7) is 1.54. The van der Waals surface area contributed by atoms with Gasteiger partial charge in [0.1, 0.15) is 6.10 Å². The van der Waals surface area contributed by atoms with Gasteiger partial charge in [0.05, 0.1) is 0 Å². The molecule has 0 saturated heterocycles. The standard InChI is InChI=1S/C10H12O5/c1-5(15-2)9(13)6-3-7(11)10(14)8(12)4-6/h3-5,11-12,14H,1-2H3. The zero-order valence-corrected chi connectivity index (χ0v) is 8.39. The molecule has 0 aromatic heterocycles. The average molecular weight is 212 g/mol. The zero-order valence-electron chi connectivity index (χ0n) is 8.39. The molecule has 1 rings (SSSR count). The van der Waals surface area contributed by atoms with E-state index in [2.05, 4.69) is 0 Å². The van der Waals surface area contributed by atoms with Crippen LogP contribution < -0.4 is 0 Å². The Kier molecular flexibility index (Phi) is 3.16. The van der Waals surface area contributed by atoms with Crippen molar-refractivity contribution >= 4 is 5.78 Å². The molecule has 0 aliphatic rings. The Balaban J connectivity index is 3.12. The van der Waals surface area contributed by atoms with E-state index in [1.54, 1.807) is 6.92 Å². The van der Waals surface area contributed by atoms with E-state index in [9.17, 15) is 15.0 Å². The molecule has 1 aromatic carbocycles. The number of phenolic OH excluding ortho intramolecular Hbond substituents is 3. The molecular weight excluding hydrogens is 200 g/mol. The number of aromatic hydroxyl groups is 3. The fourth-order valence-corrected chi connectivity index (χ4v) is 1.09. The van der Waals surface area contributed by atoms with Crippen LogP contribution in [0.1, 0.15) is 17.3 Å². The number of rotatable bonds is 3. The van der Waals surface area contributed by atoms with Gasteiger partial charge in [-0.1, -0.05) is 0 Å². The van der Waals surface area contributed by atoms with Gasteiger partial charge in [0.25, 0.3) is 0 Å². The highest BCUT2D eigenvalue weighted by molar-refractivity contribution is 6.00. The molecule has 5 nitrogen and oxygen atoms in total. The molecule has 0 saturated carbocycles. The van der Waals surface area contributed by atoms with Crippen LogP contribution in [-0.2, 0) is 4.74 Å². The van der Waals surface area contributed by atoms with Crippen molar-refractivity contribution in [1.29, 1.82) is 0 Å². The fraction of sp³-hybridized carbons (Fsp3) is 0.300. The van der Waals surface area contributed by atoms with Crippen LogP contribution in [-0.4, -0.2) is 34.3 Å². The van der Waals surface area contributed by atoms with Gasteiger partial charge < -0.3 is 20.1 Å². The van der Waals surface area contributed by atoms with E-state index in [4.69, 9.17) is 9.84 Å². The molecule has 0 spiro atoms. The van der Waals surface area contributed by atoms with Crippen LogP contribution in [0.3, 0.4) is 0 Å². The monoisotopic (exact) mass is 212 g/mol.